The summed E-state index contributed by atoms with van der Waals surface area (Å²) in [5.74, 6) is 0.745. The molecule has 0 aliphatic heterocycles. The lowest BCUT2D eigenvalue weighted by Gasteiger charge is -2.12. The van der Waals surface area contributed by atoms with Crippen LogP contribution in [0.3, 0.4) is 0 Å². The number of thioether (sulfide) groups is 1. The molecule has 3 aromatic heterocycles. The van der Waals surface area contributed by atoms with Crippen LogP contribution in [0.15, 0.2) is 64.1 Å². The molecule has 0 bridgehead atoms. The van der Waals surface area contributed by atoms with Gasteiger partial charge in [-0.25, -0.2) is 15.0 Å². The predicted molar refractivity (Wildman–Crippen MR) is 106 cm³/mol. The Morgan fingerprint density at radius 1 is 1.12 bits per heavy atom. The van der Waals surface area contributed by atoms with Gasteiger partial charge in [0.2, 0.25) is 0 Å². The number of aryl methyl sites for hydroxylation is 1. The van der Waals surface area contributed by atoms with Crippen LogP contribution >= 0.6 is 23.1 Å². The topological polar surface area (TPSA) is 60.7 Å². The Labute approximate surface area is 158 Å². The average Bonchev–Trinajstić information content (AvgIpc) is 3.17. The van der Waals surface area contributed by atoms with Gasteiger partial charge in [0.05, 0.1) is 6.54 Å². The number of nitrogens with zero attached hydrogens (tertiary/aromatic N) is 4. The fourth-order valence-electron chi connectivity index (χ4n) is 2.65. The Morgan fingerprint density at radius 2 is 1.96 bits per heavy atom. The van der Waals surface area contributed by atoms with Gasteiger partial charge in [0, 0.05) is 23.0 Å². The fraction of sp³-hybridized carbons (Fsp3) is 0.158. The number of thiophene rings is 1. The largest absolute Gasteiger partial charge is 0.282 e. The van der Waals surface area contributed by atoms with E-state index in [1.807, 2.05) is 29.6 Å². The smallest absolute Gasteiger partial charge is 0.280 e. The highest BCUT2D eigenvalue weighted by atomic mass is 32.2. The maximum atomic E-state index is 13.0. The van der Waals surface area contributed by atoms with Crippen LogP contribution in [0.2, 0.25) is 0 Å². The van der Waals surface area contributed by atoms with Crippen LogP contribution in [0.1, 0.15) is 16.0 Å². The van der Waals surface area contributed by atoms with Crippen molar-refractivity contribution in [1.29, 1.82) is 0 Å². The van der Waals surface area contributed by atoms with Crippen molar-refractivity contribution in [3.05, 3.63) is 80.5 Å². The van der Waals surface area contributed by atoms with E-state index < -0.39 is 0 Å². The van der Waals surface area contributed by atoms with Crippen LogP contribution in [0, 0.1) is 6.92 Å². The zero-order valence-electron chi connectivity index (χ0n) is 14.1. The Kier molecular flexibility index (Phi) is 4.81. The Morgan fingerprint density at radius 3 is 2.77 bits per heavy atom. The lowest BCUT2D eigenvalue weighted by molar-refractivity contribution is 0.660. The highest BCUT2D eigenvalue weighted by molar-refractivity contribution is 7.98. The van der Waals surface area contributed by atoms with E-state index in [4.69, 9.17) is 0 Å². The summed E-state index contributed by atoms with van der Waals surface area (Å²) >= 11 is 3.18. The van der Waals surface area contributed by atoms with E-state index in [1.54, 1.807) is 33.9 Å². The minimum absolute atomic E-state index is 0.149. The van der Waals surface area contributed by atoms with E-state index in [9.17, 15) is 4.79 Å². The first kappa shape index (κ1) is 16.9. The second-order valence-corrected chi connectivity index (χ2v) is 7.78. The number of fused-ring (bicyclic) bond motifs is 1. The van der Waals surface area contributed by atoms with Crippen LogP contribution in [-0.2, 0) is 12.3 Å². The van der Waals surface area contributed by atoms with Crippen molar-refractivity contribution in [2.45, 2.75) is 24.4 Å². The molecule has 7 heteroatoms. The maximum absolute atomic E-state index is 13.0. The molecule has 0 saturated carbocycles. The summed E-state index contributed by atoms with van der Waals surface area (Å²) in [6, 6.07) is 12.3. The summed E-state index contributed by atoms with van der Waals surface area (Å²) in [7, 11) is 0. The van der Waals surface area contributed by atoms with Gasteiger partial charge < -0.3 is 0 Å². The molecule has 4 aromatic rings. The highest BCUT2D eigenvalue weighted by Gasteiger charge is 2.14. The lowest BCUT2D eigenvalue weighted by atomic mass is 10.1. The molecular weight excluding hydrogens is 364 g/mol. The maximum Gasteiger partial charge on any atom is 0.282 e. The number of hydrogen-bond acceptors (Lipinski definition) is 6. The quantitative estimate of drug-likeness (QED) is 0.388. The molecule has 3 heterocycles. The van der Waals surface area contributed by atoms with Crippen LogP contribution < -0.4 is 5.56 Å². The Balaban J connectivity index is 1.76. The van der Waals surface area contributed by atoms with Gasteiger partial charge in [-0.05, 0) is 29.5 Å². The summed E-state index contributed by atoms with van der Waals surface area (Å²) < 4.78 is 1.70. The molecule has 130 valence electrons. The van der Waals surface area contributed by atoms with Gasteiger partial charge in [-0.2, -0.15) is 0 Å². The molecule has 5 nitrogen and oxygen atoms in total. The van der Waals surface area contributed by atoms with Gasteiger partial charge in [0.25, 0.3) is 5.56 Å². The van der Waals surface area contributed by atoms with Crippen LogP contribution in [0.25, 0.3) is 11.2 Å². The van der Waals surface area contributed by atoms with E-state index in [0.29, 0.717) is 22.9 Å². The summed E-state index contributed by atoms with van der Waals surface area (Å²) in [5, 5.41) is 2.68. The van der Waals surface area contributed by atoms with Crippen LogP contribution in [0.5, 0.6) is 0 Å². The summed E-state index contributed by atoms with van der Waals surface area (Å²) in [5.41, 5.74) is 3.02. The fourth-order valence-corrected chi connectivity index (χ4v) is 4.41. The number of rotatable bonds is 5. The van der Waals surface area contributed by atoms with E-state index >= 15 is 0 Å². The SMILES string of the molecule is Cc1ccccc1CSc1nc2nccnc2c(=O)n1Cc1cccs1. The standard InChI is InChI=1S/C19H16N4OS2/c1-13-5-2-3-6-14(13)12-26-19-22-17-16(20-8-9-21-17)18(24)23(19)11-15-7-4-10-25-15/h2-10H,11-12H2,1H3. The molecule has 0 atom stereocenters. The van der Waals surface area contributed by atoms with Crippen molar-refractivity contribution in [3.63, 3.8) is 0 Å². The third kappa shape index (κ3) is 3.40. The molecule has 0 spiro atoms. The molecule has 0 unspecified atom stereocenters. The minimum atomic E-state index is -0.149. The van der Waals surface area contributed by atoms with E-state index in [0.717, 1.165) is 10.6 Å². The van der Waals surface area contributed by atoms with Gasteiger partial charge in [0.1, 0.15) is 0 Å². The normalized spacial score (nSPS) is 11.1. The van der Waals surface area contributed by atoms with Crippen molar-refractivity contribution < 1.29 is 0 Å². The highest BCUT2D eigenvalue weighted by Crippen LogP contribution is 2.24. The third-order valence-electron chi connectivity index (χ3n) is 4.07. The van der Waals surface area contributed by atoms with E-state index in [1.165, 1.54) is 17.3 Å². The van der Waals surface area contributed by atoms with Crippen molar-refractivity contribution >= 4 is 34.3 Å². The molecular formula is C19H16N4OS2. The summed E-state index contributed by atoms with van der Waals surface area (Å²) in [6.07, 6.45) is 3.09. The monoisotopic (exact) mass is 380 g/mol. The molecule has 0 aliphatic carbocycles. The molecule has 0 radical (unpaired) electrons. The van der Waals surface area contributed by atoms with Gasteiger partial charge >= 0.3 is 0 Å². The molecule has 0 saturated heterocycles. The molecule has 4 rings (SSSR count). The first-order chi connectivity index (χ1) is 12.7. The number of hydrogen-bond donors (Lipinski definition) is 0. The first-order valence-corrected chi connectivity index (χ1v) is 10.00. The molecule has 0 fully saturated rings. The second-order valence-electron chi connectivity index (χ2n) is 5.81. The molecule has 26 heavy (non-hydrogen) atoms. The average molecular weight is 380 g/mol. The van der Waals surface area contributed by atoms with Gasteiger partial charge in [-0.15, -0.1) is 11.3 Å². The zero-order valence-corrected chi connectivity index (χ0v) is 15.8. The minimum Gasteiger partial charge on any atom is -0.280 e. The van der Waals surface area contributed by atoms with Crippen molar-refractivity contribution in [2.75, 3.05) is 0 Å². The lowest BCUT2D eigenvalue weighted by Crippen LogP contribution is -2.24. The molecule has 0 amide bonds. The first-order valence-electron chi connectivity index (χ1n) is 8.13. The third-order valence-corrected chi connectivity index (χ3v) is 5.96. The van der Waals surface area contributed by atoms with Crippen molar-refractivity contribution in [2.24, 2.45) is 0 Å². The summed E-state index contributed by atoms with van der Waals surface area (Å²) in [4.78, 5) is 27.1. The Hall–Kier alpha value is -2.51. The van der Waals surface area contributed by atoms with Gasteiger partial charge in [-0.3, -0.25) is 9.36 Å². The van der Waals surface area contributed by atoms with Gasteiger partial charge in [0.15, 0.2) is 16.3 Å². The van der Waals surface area contributed by atoms with Crippen molar-refractivity contribution in [3.8, 4) is 0 Å². The number of aromatic nitrogens is 4. The molecule has 0 aliphatic rings. The Bertz CT molecular complexity index is 1110. The molecule has 0 N–H and O–H groups in total. The van der Waals surface area contributed by atoms with E-state index in [-0.39, 0.29) is 5.56 Å². The number of benzene rings is 1. The zero-order chi connectivity index (χ0) is 17.9. The van der Waals surface area contributed by atoms with Crippen LogP contribution in [-0.4, -0.2) is 19.5 Å². The van der Waals surface area contributed by atoms with Crippen molar-refractivity contribution in [1.82, 2.24) is 19.5 Å². The second kappa shape index (κ2) is 7.39. The molecule has 1 aromatic carbocycles. The summed E-state index contributed by atoms with van der Waals surface area (Å²) in [6.45, 7) is 2.58. The van der Waals surface area contributed by atoms with Gasteiger partial charge in [-0.1, -0.05) is 42.1 Å². The van der Waals surface area contributed by atoms with E-state index in [2.05, 4.69) is 34.0 Å². The van der Waals surface area contributed by atoms with Crippen LogP contribution in [0.4, 0.5) is 0 Å². The predicted octanol–water partition coefficient (Wildman–Crippen LogP) is 3.90.